The second-order valence-electron chi connectivity index (χ2n) is 5.54. The minimum absolute atomic E-state index is 0.122. The minimum Gasteiger partial charge on any atom is -0.468 e. The van der Waals surface area contributed by atoms with Crippen molar-refractivity contribution in [3.8, 4) is 0 Å². The highest BCUT2D eigenvalue weighted by Crippen LogP contribution is 2.18. The number of furan rings is 1. The number of urea groups is 1. The molecule has 0 spiro atoms. The molecule has 0 aliphatic rings. The number of aryl methyl sites for hydroxylation is 1. The van der Waals surface area contributed by atoms with Crippen LogP contribution in [-0.4, -0.2) is 29.9 Å². The molecule has 24 heavy (non-hydrogen) atoms. The quantitative estimate of drug-likeness (QED) is 0.768. The Labute approximate surface area is 145 Å². The van der Waals surface area contributed by atoms with Gasteiger partial charge in [0, 0.05) is 22.8 Å². The average Bonchev–Trinajstić information content (AvgIpc) is 3.17. The molecule has 7 heteroatoms. The number of hydrogen-bond donors (Lipinski definition) is 2. The van der Waals surface area contributed by atoms with Crippen LogP contribution in [0.5, 0.6) is 0 Å². The summed E-state index contributed by atoms with van der Waals surface area (Å²) in [5.74, 6) is 0.454. The van der Waals surface area contributed by atoms with Crippen molar-refractivity contribution >= 4 is 23.3 Å². The van der Waals surface area contributed by atoms with Gasteiger partial charge in [-0.15, -0.1) is 11.3 Å². The van der Waals surface area contributed by atoms with Gasteiger partial charge in [0.1, 0.15) is 5.76 Å². The molecule has 0 aliphatic heterocycles. The zero-order chi connectivity index (χ0) is 17.4. The number of hydrogen-bond acceptors (Lipinski definition) is 5. The zero-order valence-corrected chi connectivity index (χ0v) is 14.8. The molecule has 0 bridgehead atoms. The van der Waals surface area contributed by atoms with Crippen LogP contribution in [0.2, 0.25) is 0 Å². The number of carbonyl (C=O) groups is 2. The second kappa shape index (κ2) is 9.24. The summed E-state index contributed by atoms with van der Waals surface area (Å²) in [6.07, 6.45) is 2.44. The molecule has 2 heterocycles. The van der Waals surface area contributed by atoms with Crippen molar-refractivity contribution < 1.29 is 14.0 Å². The first-order chi connectivity index (χ1) is 11.6. The Morgan fingerprint density at radius 2 is 2.08 bits per heavy atom. The molecule has 6 nitrogen and oxygen atoms in total. The maximum atomic E-state index is 12.1. The van der Waals surface area contributed by atoms with Crippen LogP contribution in [0.4, 0.5) is 4.79 Å². The normalized spacial score (nSPS) is 10.8. The summed E-state index contributed by atoms with van der Waals surface area (Å²) in [6.45, 7) is 5.81. The molecule has 0 aromatic carbocycles. The predicted molar refractivity (Wildman–Crippen MR) is 93.7 cm³/mol. The molecule has 0 saturated heterocycles. The van der Waals surface area contributed by atoms with E-state index in [9.17, 15) is 9.59 Å². The van der Waals surface area contributed by atoms with Gasteiger partial charge in [-0.2, -0.15) is 0 Å². The van der Waals surface area contributed by atoms with Crippen LogP contribution in [0.1, 0.15) is 28.9 Å². The summed E-state index contributed by atoms with van der Waals surface area (Å²) in [5, 5.41) is 4.99. The van der Waals surface area contributed by atoms with Gasteiger partial charge >= 0.3 is 6.03 Å². The standard InChI is InChI=1S/C17H23N3O3S/c1-3-8-18-17(22)19-16(21)12-20(10-14-5-4-9-23-14)11-15-7-6-13(2)24-15/h4-7,9H,3,8,10-12H2,1-2H3,(H2,18,19,21,22). The van der Waals surface area contributed by atoms with Gasteiger partial charge in [0.25, 0.3) is 0 Å². The van der Waals surface area contributed by atoms with Crippen molar-refractivity contribution in [1.82, 2.24) is 15.5 Å². The molecule has 0 fully saturated rings. The first-order valence-corrected chi connectivity index (χ1v) is 8.76. The van der Waals surface area contributed by atoms with E-state index < -0.39 is 6.03 Å². The Morgan fingerprint density at radius 1 is 1.25 bits per heavy atom. The van der Waals surface area contributed by atoms with Crippen molar-refractivity contribution in [3.63, 3.8) is 0 Å². The van der Waals surface area contributed by atoms with Gasteiger partial charge in [0.05, 0.1) is 19.4 Å². The van der Waals surface area contributed by atoms with Crippen molar-refractivity contribution in [2.24, 2.45) is 0 Å². The maximum Gasteiger partial charge on any atom is 0.321 e. The summed E-state index contributed by atoms with van der Waals surface area (Å²) in [7, 11) is 0. The molecule has 2 rings (SSSR count). The molecule has 2 N–H and O–H groups in total. The SMILES string of the molecule is CCCNC(=O)NC(=O)CN(Cc1ccco1)Cc1ccc(C)s1. The van der Waals surface area contributed by atoms with Gasteiger partial charge in [0.2, 0.25) is 5.91 Å². The van der Waals surface area contributed by atoms with E-state index >= 15 is 0 Å². The molecule has 3 amide bonds. The van der Waals surface area contributed by atoms with Crippen LogP contribution in [0.25, 0.3) is 0 Å². The molecule has 0 radical (unpaired) electrons. The Morgan fingerprint density at radius 3 is 2.71 bits per heavy atom. The smallest absolute Gasteiger partial charge is 0.321 e. The van der Waals surface area contributed by atoms with Gasteiger partial charge in [-0.25, -0.2) is 4.79 Å². The van der Waals surface area contributed by atoms with Crippen LogP contribution in [0, 0.1) is 6.92 Å². The third kappa shape index (κ3) is 6.17. The Balaban J connectivity index is 1.94. The lowest BCUT2D eigenvalue weighted by molar-refractivity contribution is -0.121. The summed E-state index contributed by atoms with van der Waals surface area (Å²) in [5.41, 5.74) is 0. The molecule has 130 valence electrons. The molecular weight excluding hydrogens is 326 g/mol. The van der Waals surface area contributed by atoms with Gasteiger partial charge in [-0.3, -0.25) is 15.0 Å². The first kappa shape index (κ1) is 18.2. The van der Waals surface area contributed by atoms with E-state index in [1.54, 1.807) is 17.6 Å². The van der Waals surface area contributed by atoms with E-state index in [1.807, 2.05) is 24.0 Å². The van der Waals surface area contributed by atoms with Crippen molar-refractivity contribution in [1.29, 1.82) is 0 Å². The van der Waals surface area contributed by atoms with Crippen molar-refractivity contribution in [2.75, 3.05) is 13.1 Å². The van der Waals surface area contributed by atoms with E-state index in [1.165, 1.54) is 9.75 Å². The lowest BCUT2D eigenvalue weighted by Gasteiger charge is -2.19. The predicted octanol–water partition coefficient (Wildman–Crippen LogP) is 2.89. The number of thiophene rings is 1. The monoisotopic (exact) mass is 349 g/mol. The summed E-state index contributed by atoms with van der Waals surface area (Å²) >= 11 is 1.70. The largest absolute Gasteiger partial charge is 0.468 e. The highest BCUT2D eigenvalue weighted by atomic mass is 32.1. The Kier molecular flexibility index (Phi) is 7.02. The van der Waals surface area contributed by atoms with Crippen LogP contribution in [0.3, 0.4) is 0 Å². The fourth-order valence-electron chi connectivity index (χ4n) is 2.23. The van der Waals surface area contributed by atoms with Crippen LogP contribution in [0.15, 0.2) is 34.9 Å². The highest BCUT2D eigenvalue weighted by Gasteiger charge is 2.16. The minimum atomic E-state index is -0.452. The number of amides is 3. The first-order valence-electron chi connectivity index (χ1n) is 7.94. The molecule has 0 unspecified atom stereocenters. The van der Waals surface area contributed by atoms with E-state index in [-0.39, 0.29) is 12.5 Å². The van der Waals surface area contributed by atoms with Gasteiger partial charge < -0.3 is 9.73 Å². The number of nitrogens with one attached hydrogen (secondary N) is 2. The van der Waals surface area contributed by atoms with E-state index in [2.05, 4.69) is 29.7 Å². The van der Waals surface area contributed by atoms with Crippen LogP contribution in [-0.2, 0) is 17.9 Å². The number of imide groups is 1. The third-order valence-corrected chi connectivity index (χ3v) is 4.28. The highest BCUT2D eigenvalue weighted by molar-refractivity contribution is 7.11. The molecule has 2 aromatic heterocycles. The molecule has 0 atom stereocenters. The van der Waals surface area contributed by atoms with Crippen LogP contribution < -0.4 is 10.6 Å². The lowest BCUT2D eigenvalue weighted by atomic mass is 10.3. The number of rotatable bonds is 8. The fourth-order valence-corrected chi connectivity index (χ4v) is 3.17. The Hall–Kier alpha value is -2.12. The van der Waals surface area contributed by atoms with Crippen molar-refractivity contribution in [3.05, 3.63) is 46.0 Å². The van der Waals surface area contributed by atoms with Crippen LogP contribution >= 0.6 is 11.3 Å². The number of nitrogens with zero attached hydrogens (tertiary/aromatic N) is 1. The summed E-state index contributed by atoms with van der Waals surface area (Å²) in [6, 6.07) is 7.36. The maximum absolute atomic E-state index is 12.1. The fraction of sp³-hybridized carbons (Fsp3) is 0.412. The number of carbonyl (C=O) groups excluding carboxylic acids is 2. The van der Waals surface area contributed by atoms with Crippen molar-refractivity contribution in [2.45, 2.75) is 33.4 Å². The summed E-state index contributed by atoms with van der Waals surface area (Å²) < 4.78 is 5.37. The zero-order valence-electron chi connectivity index (χ0n) is 14.0. The van der Waals surface area contributed by atoms with E-state index in [4.69, 9.17) is 4.42 Å². The molecular formula is C17H23N3O3S. The topological polar surface area (TPSA) is 74.6 Å². The molecule has 2 aromatic rings. The lowest BCUT2D eigenvalue weighted by Crippen LogP contribution is -2.44. The van der Waals surface area contributed by atoms with Gasteiger partial charge in [-0.05, 0) is 37.6 Å². The summed E-state index contributed by atoms with van der Waals surface area (Å²) in [4.78, 5) is 28.1. The third-order valence-electron chi connectivity index (χ3n) is 3.29. The Bertz CT molecular complexity index is 652. The van der Waals surface area contributed by atoms with E-state index in [0.29, 0.717) is 19.6 Å². The second-order valence-corrected chi connectivity index (χ2v) is 6.91. The van der Waals surface area contributed by atoms with Gasteiger partial charge in [0.15, 0.2) is 0 Å². The average molecular weight is 349 g/mol. The van der Waals surface area contributed by atoms with Gasteiger partial charge in [-0.1, -0.05) is 6.92 Å². The molecule has 0 saturated carbocycles. The van der Waals surface area contributed by atoms with E-state index in [0.717, 1.165) is 12.2 Å². The molecule has 0 aliphatic carbocycles.